The molecule has 39 heavy (non-hydrogen) atoms. The lowest BCUT2D eigenvalue weighted by atomic mass is 9.90. The summed E-state index contributed by atoms with van der Waals surface area (Å²) in [5.41, 5.74) is 7.13. The minimum Gasteiger partial charge on any atom is -0.444 e. The fourth-order valence-corrected chi connectivity index (χ4v) is 4.72. The smallest absolute Gasteiger partial charge is 0.417 e. The van der Waals surface area contributed by atoms with Crippen LogP contribution < -0.4 is 16.0 Å². The molecule has 1 fully saturated rings. The van der Waals surface area contributed by atoms with Gasteiger partial charge in [0.25, 0.3) is 0 Å². The summed E-state index contributed by atoms with van der Waals surface area (Å²) < 4.78 is 12.9. The molecule has 2 aromatic heterocycles. The molecule has 1 saturated carbocycles. The van der Waals surface area contributed by atoms with Gasteiger partial charge in [-0.1, -0.05) is 6.07 Å². The highest BCUT2D eigenvalue weighted by atomic mass is 16.6. The zero-order valence-corrected chi connectivity index (χ0v) is 23.8. The molecule has 1 aromatic carbocycles. The number of carbonyl (C=O) groups is 2. The van der Waals surface area contributed by atoms with Crippen molar-refractivity contribution in [3.8, 4) is 11.3 Å². The highest BCUT2D eigenvalue weighted by Crippen LogP contribution is 2.30. The minimum atomic E-state index is -0.679. The number of nitrogens with two attached hydrogens (primary N) is 1. The predicted octanol–water partition coefficient (Wildman–Crippen LogP) is 5.19. The second-order valence-corrected chi connectivity index (χ2v) is 12.0. The predicted molar refractivity (Wildman–Crippen MR) is 150 cm³/mol. The number of nitrogens with one attached hydrogen (secondary N) is 1. The number of nitrogens with zero attached hydrogens (tertiary/aromatic N) is 5. The molecule has 2 heterocycles. The van der Waals surface area contributed by atoms with Crippen molar-refractivity contribution >= 4 is 34.9 Å². The number of nitrogen functional groups attached to an aromatic ring is 1. The average Bonchev–Trinajstić information content (AvgIpc) is 3.15. The van der Waals surface area contributed by atoms with Gasteiger partial charge in [-0.15, -0.1) is 0 Å². The Kier molecular flexibility index (Phi) is 7.72. The average molecular weight is 538 g/mol. The van der Waals surface area contributed by atoms with Crippen LogP contribution in [0.2, 0.25) is 0 Å². The number of rotatable bonds is 4. The summed E-state index contributed by atoms with van der Waals surface area (Å²) in [6.45, 7) is 11.0. The van der Waals surface area contributed by atoms with E-state index in [1.54, 1.807) is 15.8 Å². The first-order chi connectivity index (χ1) is 18.2. The van der Waals surface area contributed by atoms with Crippen molar-refractivity contribution in [2.24, 2.45) is 7.05 Å². The maximum absolute atomic E-state index is 13.4. The van der Waals surface area contributed by atoms with Crippen molar-refractivity contribution < 1.29 is 19.1 Å². The first-order valence-corrected chi connectivity index (χ1v) is 13.3. The largest absolute Gasteiger partial charge is 0.444 e. The second-order valence-electron chi connectivity index (χ2n) is 12.0. The summed E-state index contributed by atoms with van der Waals surface area (Å²) >= 11 is 0. The number of amides is 2. The third-order valence-corrected chi connectivity index (χ3v) is 6.35. The molecular weight excluding hydrogens is 498 g/mol. The topological polar surface area (TPSA) is 137 Å². The number of alkyl carbamates (subject to hydrolysis) is 1. The normalized spacial score (nSPS) is 18.0. The maximum Gasteiger partial charge on any atom is 0.417 e. The highest BCUT2D eigenvalue weighted by molar-refractivity contribution is 5.89. The quantitative estimate of drug-likeness (QED) is 0.464. The molecule has 3 N–H and O–H groups in total. The van der Waals surface area contributed by atoms with Crippen LogP contribution in [0.3, 0.4) is 0 Å². The van der Waals surface area contributed by atoms with Gasteiger partial charge in [-0.2, -0.15) is 5.10 Å². The molecule has 3 aromatic rings. The molecular formula is C28H39N7O4. The van der Waals surface area contributed by atoms with Gasteiger partial charge in [-0.25, -0.2) is 24.5 Å². The van der Waals surface area contributed by atoms with E-state index in [9.17, 15) is 9.59 Å². The van der Waals surface area contributed by atoms with Crippen LogP contribution in [0.15, 0.2) is 30.5 Å². The maximum atomic E-state index is 13.4. The number of benzene rings is 1. The third kappa shape index (κ3) is 7.15. The van der Waals surface area contributed by atoms with Gasteiger partial charge < -0.3 is 20.5 Å². The van der Waals surface area contributed by atoms with Crippen LogP contribution in [-0.2, 0) is 16.5 Å². The summed E-state index contributed by atoms with van der Waals surface area (Å²) in [5.74, 6) is 0.737. The van der Waals surface area contributed by atoms with Gasteiger partial charge in [-0.3, -0.25) is 4.68 Å². The summed E-state index contributed by atoms with van der Waals surface area (Å²) in [5, 5.41) is 7.99. The van der Waals surface area contributed by atoms with E-state index in [-0.39, 0.29) is 18.0 Å². The van der Waals surface area contributed by atoms with E-state index in [2.05, 4.69) is 15.4 Å². The fourth-order valence-electron chi connectivity index (χ4n) is 4.72. The van der Waals surface area contributed by atoms with Crippen LogP contribution in [0.4, 0.5) is 21.4 Å². The molecule has 0 bridgehead atoms. The molecule has 0 aliphatic heterocycles. The number of fused-ring (bicyclic) bond motifs is 1. The number of anilines is 2. The fraction of sp³-hybridized carbons (Fsp3) is 0.536. The van der Waals surface area contributed by atoms with Crippen molar-refractivity contribution in [2.75, 3.05) is 10.6 Å². The van der Waals surface area contributed by atoms with E-state index in [4.69, 9.17) is 20.2 Å². The van der Waals surface area contributed by atoms with Gasteiger partial charge in [0.2, 0.25) is 5.95 Å². The Labute approximate surface area is 229 Å². The second kappa shape index (κ2) is 10.7. The lowest BCUT2D eigenvalue weighted by molar-refractivity contribution is 0.0474. The Hall–Kier alpha value is -3.89. The number of hydrogen-bond donors (Lipinski definition) is 2. The summed E-state index contributed by atoms with van der Waals surface area (Å²) in [6.07, 6.45) is 3.48. The molecule has 1 aliphatic carbocycles. The number of hydrogen-bond acceptors (Lipinski definition) is 8. The van der Waals surface area contributed by atoms with Gasteiger partial charge in [0, 0.05) is 42.3 Å². The van der Waals surface area contributed by atoms with E-state index in [0.29, 0.717) is 37.0 Å². The number of aryl methyl sites for hydroxylation is 1. The SMILES string of the molecule is Cn1nc(N)cc1-c1ccc2nc(N(C(=O)OC(C)(C)C)C3CCC(NC(=O)OC(C)(C)C)CC3)ncc2c1. The third-order valence-electron chi connectivity index (χ3n) is 6.35. The Morgan fingerprint density at radius 3 is 2.28 bits per heavy atom. The molecule has 0 spiro atoms. The molecule has 210 valence electrons. The van der Waals surface area contributed by atoms with Gasteiger partial charge >= 0.3 is 12.2 Å². The molecule has 2 amide bonds. The van der Waals surface area contributed by atoms with Crippen LogP contribution >= 0.6 is 0 Å². The van der Waals surface area contributed by atoms with Crippen molar-refractivity contribution in [1.82, 2.24) is 25.1 Å². The van der Waals surface area contributed by atoms with Crippen LogP contribution in [0.5, 0.6) is 0 Å². The number of carbonyl (C=O) groups excluding carboxylic acids is 2. The Balaban J connectivity index is 1.56. The van der Waals surface area contributed by atoms with E-state index in [1.807, 2.05) is 72.9 Å². The van der Waals surface area contributed by atoms with Crippen LogP contribution in [0.1, 0.15) is 67.2 Å². The van der Waals surface area contributed by atoms with E-state index >= 15 is 0 Å². The van der Waals surface area contributed by atoms with E-state index in [0.717, 1.165) is 16.6 Å². The first-order valence-electron chi connectivity index (χ1n) is 13.3. The van der Waals surface area contributed by atoms with Crippen LogP contribution in [0.25, 0.3) is 22.2 Å². The molecule has 11 nitrogen and oxygen atoms in total. The first kappa shape index (κ1) is 28.1. The minimum absolute atomic E-state index is 0.0337. The Morgan fingerprint density at radius 1 is 1.03 bits per heavy atom. The van der Waals surface area contributed by atoms with Crippen molar-refractivity contribution in [3.63, 3.8) is 0 Å². The van der Waals surface area contributed by atoms with Crippen LogP contribution in [0, 0.1) is 0 Å². The monoisotopic (exact) mass is 537 g/mol. The van der Waals surface area contributed by atoms with Crippen molar-refractivity contribution in [2.45, 2.75) is 90.5 Å². The van der Waals surface area contributed by atoms with Crippen molar-refractivity contribution in [1.29, 1.82) is 0 Å². The molecule has 11 heteroatoms. The standard InChI is InChI=1S/C28H39N7O4/c1-27(2,3)38-25(36)31-19-9-11-20(12-10-19)35(26(37)39-28(4,5)6)24-30-16-18-14-17(8-13-21(18)32-24)22-15-23(29)33-34(22)7/h8,13-16,19-20H,9-12H2,1-7H3,(H2,29,33)(H,31,36). The van der Waals surface area contributed by atoms with E-state index < -0.39 is 23.4 Å². The Morgan fingerprint density at radius 2 is 1.69 bits per heavy atom. The lowest BCUT2D eigenvalue weighted by Crippen LogP contribution is -2.49. The molecule has 0 unspecified atom stereocenters. The van der Waals surface area contributed by atoms with Gasteiger partial charge in [-0.05, 0) is 79.4 Å². The van der Waals surface area contributed by atoms with Gasteiger partial charge in [0.15, 0.2) is 0 Å². The van der Waals surface area contributed by atoms with Crippen LogP contribution in [-0.4, -0.2) is 55.2 Å². The van der Waals surface area contributed by atoms with E-state index in [1.165, 1.54) is 0 Å². The zero-order chi connectivity index (χ0) is 28.5. The van der Waals surface area contributed by atoms with Gasteiger partial charge in [0.1, 0.15) is 17.0 Å². The molecule has 4 rings (SSSR count). The number of aromatic nitrogens is 4. The Bertz CT molecular complexity index is 1350. The van der Waals surface area contributed by atoms with Crippen molar-refractivity contribution in [3.05, 3.63) is 30.5 Å². The molecule has 1 aliphatic rings. The highest BCUT2D eigenvalue weighted by Gasteiger charge is 2.35. The molecule has 0 atom stereocenters. The zero-order valence-electron chi connectivity index (χ0n) is 23.8. The molecule has 0 radical (unpaired) electrons. The number of ether oxygens (including phenoxy) is 2. The summed E-state index contributed by atoms with van der Waals surface area (Å²) in [7, 11) is 1.84. The molecule has 0 saturated heterocycles. The lowest BCUT2D eigenvalue weighted by Gasteiger charge is -2.36. The van der Waals surface area contributed by atoms with Gasteiger partial charge in [0.05, 0.1) is 11.2 Å². The summed E-state index contributed by atoms with van der Waals surface area (Å²) in [4.78, 5) is 36.5. The summed E-state index contributed by atoms with van der Waals surface area (Å²) in [6, 6.07) is 7.42.